The molecular formula is C19H25ClN4O3S. The lowest BCUT2D eigenvalue weighted by Crippen LogP contribution is -2.40. The number of halogens is 1. The van der Waals surface area contributed by atoms with Gasteiger partial charge in [0.15, 0.2) is 0 Å². The van der Waals surface area contributed by atoms with E-state index in [-0.39, 0.29) is 10.9 Å². The molecule has 3 rings (SSSR count). The van der Waals surface area contributed by atoms with Gasteiger partial charge < -0.3 is 15.0 Å². The second-order valence-corrected chi connectivity index (χ2v) is 9.12. The molecule has 152 valence electrons. The third-order valence-corrected chi connectivity index (χ3v) is 6.93. The molecule has 0 spiro atoms. The summed E-state index contributed by atoms with van der Waals surface area (Å²) in [5.41, 5.74) is 1.02. The second-order valence-electron chi connectivity index (χ2n) is 6.78. The third kappa shape index (κ3) is 4.82. The highest BCUT2D eigenvalue weighted by Crippen LogP contribution is 2.26. The highest BCUT2D eigenvalue weighted by Gasteiger charge is 2.26. The van der Waals surface area contributed by atoms with Gasteiger partial charge in [-0.05, 0) is 37.9 Å². The third-order valence-electron chi connectivity index (χ3n) is 4.71. The van der Waals surface area contributed by atoms with E-state index in [9.17, 15) is 8.42 Å². The Hall–Kier alpha value is -1.71. The van der Waals surface area contributed by atoms with Gasteiger partial charge in [-0.25, -0.2) is 13.4 Å². The minimum atomic E-state index is -3.53. The lowest BCUT2D eigenvalue weighted by Gasteiger charge is -2.26. The summed E-state index contributed by atoms with van der Waals surface area (Å²) in [5, 5.41) is 3.98. The molecule has 7 nitrogen and oxygen atoms in total. The molecule has 1 aliphatic rings. The van der Waals surface area contributed by atoms with Gasteiger partial charge in [-0.2, -0.15) is 4.31 Å². The van der Waals surface area contributed by atoms with Crippen molar-refractivity contribution in [1.29, 1.82) is 0 Å². The number of sulfonamides is 1. The van der Waals surface area contributed by atoms with Crippen molar-refractivity contribution in [3.63, 3.8) is 0 Å². The van der Waals surface area contributed by atoms with E-state index in [1.165, 1.54) is 10.5 Å². The van der Waals surface area contributed by atoms with Crippen LogP contribution in [0.5, 0.6) is 0 Å². The number of benzene rings is 1. The second kappa shape index (κ2) is 9.19. The summed E-state index contributed by atoms with van der Waals surface area (Å²) < 4.78 is 32.0. The van der Waals surface area contributed by atoms with Crippen LogP contribution < -0.4 is 5.32 Å². The van der Waals surface area contributed by atoms with Gasteiger partial charge >= 0.3 is 0 Å². The Morgan fingerprint density at radius 1 is 1.21 bits per heavy atom. The fourth-order valence-corrected chi connectivity index (χ4v) is 4.71. The average Bonchev–Trinajstić information content (AvgIpc) is 2.70. The number of pyridine rings is 1. The quantitative estimate of drug-likeness (QED) is 0.736. The number of rotatable bonds is 7. The number of nitrogens with one attached hydrogen (secondary N) is 1. The fraction of sp³-hybridized carbons (Fsp3) is 0.421. The van der Waals surface area contributed by atoms with Crippen molar-refractivity contribution < 1.29 is 13.2 Å². The lowest BCUT2D eigenvalue weighted by molar-refractivity contribution is 0.0730. The first-order valence-corrected chi connectivity index (χ1v) is 10.9. The molecule has 1 aromatic heterocycles. The summed E-state index contributed by atoms with van der Waals surface area (Å²) in [4.78, 5) is 6.55. The van der Waals surface area contributed by atoms with Crippen molar-refractivity contribution in [2.75, 3.05) is 52.3 Å². The standard InChI is InChI=1S/C19H25ClN4O3S/c1-23(2)18(16-5-3-4-6-17(16)20)14-22-19-8-7-15(13-21-19)28(25,26)24-9-11-27-12-10-24/h3-8,13,18H,9-12,14H2,1-2H3,(H,21,22)/t18-/m0/s1. The van der Waals surface area contributed by atoms with Crippen LogP contribution in [0.15, 0.2) is 47.5 Å². The van der Waals surface area contributed by atoms with E-state index < -0.39 is 10.0 Å². The molecule has 0 radical (unpaired) electrons. The van der Waals surface area contributed by atoms with Gasteiger partial charge in [-0.1, -0.05) is 29.8 Å². The molecule has 2 heterocycles. The Kier molecular flexibility index (Phi) is 6.90. The summed E-state index contributed by atoms with van der Waals surface area (Å²) in [7, 11) is 0.440. The molecule has 1 fully saturated rings. The lowest BCUT2D eigenvalue weighted by atomic mass is 10.1. The minimum Gasteiger partial charge on any atom is -0.379 e. The molecular weight excluding hydrogens is 400 g/mol. The highest BCUT2D eigenvalue weighted by molar-refractivity contribution is 7.89. The largest absolute Gasteiger partial charge is 0.379 e. The Bertz CT molecular complexity index is 884. The van der Waals surface area contributed by atoms with Crippen molar-refractivity contribution in [3.05, 3.63) is 53.2 Å². The van der Waals surface area contributed by atoms with Crippen molar-refractivity contribution in [2.24, 2.45) is 0 Å². The van der Waals surface area contributed by atoms with E-state index in [0.717, 1.165) is 5.56 Å². The van der Waals surface area contributed by atoms with Crippen molar-refractivity contribution in [2.45, 2.75) is 10.9 Å². The Morgan fingerprint density at radius 3 is 2.54 bits per heavy atom. The summed E-state index contributed by atoms with van der Waals surface area (Å²) in [6.07, 6.45) is 1.40. The zero-order valence-electron chi connectivity index (χ0n) is 16.0. The SMILES string of the molecule is CN(C)[C@@H](CNc1ccc(S(=O)(=O)N2CCOCC2)cn1)c1ccccc1Cl. The smallest absolute Gasteiger partial charge is 0.244 e. The van der Waals surface area contributed by atoms with E-state index in [1.54, 1.807) is 12.1 Å². The summed E-state index contributed by atoms with van der Waals surface area (Å²) >= 11 is 6.34. The van der Waals surface area contributed by atoms with Crippen molar-refractivity contribution in [1.82, 2.24) is 14.2 Å². The van der Waals surface area contributed by atoms with E-state index in [1.807, 2.05) is 38.4 Å². The van der Waals surface area contributed by atoms with Crippen molar-refractivity contribution in [3.8, 4) is 0 Å². The van der Waals surface area contributed by atoms with Crippen LogP contribution in [0.25, 0.3) is 0 Å². The van der Waals surface area contributed by atoms with Crippen LogP contribution in [-0.2, 0) is 14.8 Å². The van der Waals surface area contributed by atoms with Gasteiger partial charge in [0, 0.05) is 30.9 Å². The van der Waals surface area contributed by atoms with Crippen LogP contribution in [0.4, 0.5) is 5.82 Å². The molecule has 0 aliphatic carbocycles. The summed E-state index contributed by atoms with van der Waals surface area (Å²) in [6.45, 7) is 2.15. The molecule has 1 aromatic carbocycles. The zero-order valence-corrected chi connectivity index (χ0v) is 17.6. The van der Waals surface area contributed by atoms with E-state index >= 15 is 0 Å². The number of hydrogen-bond acceptors (Lipinski definition) is 6. The van der Waals surface area contributed by atoms with E-state index in [0.29, 0.717) is 43.7 Å². The van der Waals surface area contributed by atoms with Gasteiger partial charge in [-0.3, -0.25) is 0 Å². The number of morpholine rings is 1. The molecule has 1 aliphatic heterocycles. The minimum absolute atomic E-state index is 0.0484. The van der Waals surface area contributed by atoms with Gasteiger partial charge in [0.05, 0.1) is 19.3 Å². The first kappa shape index (κ1) is 21.0. The molecule has 0 unspecified atom stereocenters. The maximum Gasteiger partial charge on any atom is 0.244 e. The number of ether oxygens (including phenoxy) is 1. The van der Waals surface area contributed by atoms with Crippen LogP contribution in [0.2, 0.25) is 5.02 Å². The molecule has 0 amide bonds. The predicted molar refractivity (Wildman–Crippen MR) is 110 cm³/mol. The van der Waals surface area contributed by atoms with Crippen LogP contribution in [-0.4, -0.2) is 69.6 Å². The average molecular weight is 425 g/mol. The van der Waals surface area contributed by atoms with Crippen LogP contribution in [0.3, 0.4) is 0 Å². The molecule has 28 heavy (non-hydrogen) atoms. The topological polar surface area (TPSA) is 74.8 Å². The maximum atomic E-state index is 12.7. The molecule has 0 bridgehead atoms. The molecule has 9 heteroatoms. The molecule has 2 aromatic rings. The first-order valence-electron chi connectivity index (χ1n) is 9.08. The molecule has 1 saturated heterocycles. The monoisotopic (exact) mass is 424 g/mol. The first-order chi connectivity index (χ1) is 13.4. The molecule has 0 saturated carbocycles. The summed E-state index contributed by atoms with van der Waals surface area (Å²) in [5.74, 6) is 0.611. The number of likely N-dealkylation sites (N-methyl/N-ethyl adjacent to an activating group) is 1. The number of aromatic nitrogens is 1. The van der Waals surface area contributed by atoms with Crippen LogP contribution >= 0.6 is 11.6 Å². The normalized spacial score (nSPS) is 16.9. The fourth-order valence-electron chi connectivity index (χ4n) is 3.09. The van der Waals surface area contributed by atoms with Crippen LogP contribution in [0, 0.1) is 0 Å². The van der Waals surface area contributed by atoms with Gasteiger partial charge in [-0.15, -0.1) is 0 Å². The number of hydrogen-bond donors (Lipinski definition) is 1. The van der Waals surface area contributed by atoms with Gasteiger partial charge in [0.25, 0.3) is 0 Å². The Balaban J connectivity index is 1.69. The van der Waals surface area contributed by atoms with Gasteiger partial charge in [0.1, 0.15) is 10.7 Å². The van der Waals surface area contributed by atoms with E-state index in [2.05, 4.69) is 15.2 Å². The number of anilines is 1. The van der Waals surface area contributed by atoms with E-state index in [4.69, 9.17) is 16.3 Å². The highest BCUT2D eigenvalue weighted by atomic mass is 35.5. The van der Waals surface area contributed by atoms with Crippen molar-refractivity contribution >= 4 is 27.4 Å². The molecule has 1 N–H and O–H groups in total. The Labute approximate surface area is 171 Å². The van der Waals surface area contributed by atoms with Gasteiger partial charge in [0.2, 0.25) is 10.0 Å². The maximum absolute atomic E-state index is 12.7. The zero-order chi connectivity index (χ0) is 20.1. The Morgan fingerprint density at radius 2 is 1.93 bits per heavy atom. The molecule has 1 atom stereocenters. The number of nitrogens with zero attached hydrogens (tertiary/aromatic N) is 3. The van der Waals surface area contributed by atoms with Crippen LogP contribution in [0.1, 0.15) is 11.6 Å². The summed E-state index contributed by atoms with van der Waals surface area (Å²) in [6, 6.07) is 11.1. The predicted octanol–water partition coefficient (Wildman–Crippen LogP) is 2.47.